The monoisotopic (exact) mass is 472 g/mol. The number of para-hydroxylation sites is 1. The lowest BCUT2D eigenvalue weighted by molar-refractivity contribution is 0.0441. The largest absolute Gasteiger partial charge is 0.491 e. The molecule has 3 aromatic rings. The van der Waals surface area contributed by atoms with E-state index in [0.717, 1.165) is 41.9 Å². The fraction of sp³-hybridized carbons (Fsp3) is 0.364. The van der Waals surface area contributed by atoms with Gasteiger partial charge in [-0.15, -0.1) is 0 Å². The van der Waals surface area contributed by atoms with Crippen molar-refractivity contribution in [2.75, 3.05) is 39.3 Å². The molecular weight excluding hydrogens is 448 g/mol. The summed E-state index contributed by atoms with van der Waals surface area (Å²) in [7, 11) is 0. The molecule has 2 heterocycles. The first-order valence-corrected chi connectivity index (χ1v) is 10.9. The third kappa shape index (κ3) is 5.46. The Morgan fingerprint density at radius 2 is 1.77 bits per heavy atom. The fourth-order valence-corrected chi connectivity index (χ4v) is 3.89. The number of hydrogen-bond donors (Lipinski definition) is 2. The molecule has 1 saturated heterocycles. The Morgan fingerprint density at radius 3 is 2.53 bits per heavy atom. The maximum Gasteiger partial charge on any atom is 0.258 e. The molecule has 0 spiro atoms. The van der Waals surface area contributed by atoms with Gasteiger partial charge in [-0.25, -0.2) is 4.98 Å². The molecule has 1 aromatic heterocycles. The van der Waals surface area contributed by atoms with Crippen molar-refractivity contribution in [2.24, 2.45) is 0 Å². The average molecular weight is 473 g/mol. The van der Waals surface area contributed by atoms with E-state index in [1.165, 1.54) is 0 Å². The van der Waals surface area contributed by atoms with Crippen molar-refractivity contribution in [3.05, 3.63) is 69.2 Å². The number of ether oxygens (including phenoxy) is 1. The lowest BCUT2D eigenvalue weighted by Gasteiger charge is -2.35. The molecule has 1 atom stereocenters. The first-order valence-electron chi connectivity index (χ1n) is 10.1. The zero-order chi connectivity index (χ0) is 20.9. The predicted molar refractivity (Wildman–Crippen MR) is 120 cm³/mol. The van der Waals surface area contributed by atoms with Crippen LogP contribution in [0.2, 0.25) is 0 Å². The Bertz CT molecular complexity index is 1030. The van der Waals surface area contributed by atoms with Crippen LogP contribution in [0, 0.1) is 0 Å². The van der Waals surface area contributed by atoms with Gasteiger partial charge >= 0.3 is 0 Å². The number of fused-ring (bicyclic) bond motifs is 1. The van der Waals surface area contributed by atoms with E-state index in [9.17, 15) is 9.90 Å². The minimum Gasteiger partial charge on any atom is -0.491 e. The average Bonchev–Trinajstić information content (AvgIpc) is 2.75. The Morgan fingerprint density at radius 1 is 1.07 bits per heavy atom. The molecule has 1 aliphatic rings. The highest BCUT2D eigenvalue weighted by Crippen LogP contribution is 2.16. The molecule has 2 aromatic carbocycles. The molecule has 1 unspecified atom stereocenters. The first kappa shape index (κ1) is 21.0. The van der Waals surface area contributed by atoms with Gasteiger partial charge in [-0.1, -0.05) is 28.1 Å². The molecule has 4 rings (SSSR count). The van der Waals surface area contributed by atoms with E-state index in [2.05, 4.69) is 35.7 Å². The van der Waals surface area contributed by atoms with Crippen LogP contribution in [0.3, 0.4) is 0 Å². The lowest BCUT2D eigenvalue weighted by atomic mass is 10.2. The van der Waals surface area contributed by atoms with Crippen molar-refractivity contribution in [3.63, 3.8) is 0 Å². The Kier molecular flexibility index (Phi) is 6.79. The third-order valence-corrected chi connectivity index (χ3v) is 5.75. The van der Waals surface area contributed by atoms with Crippen molar-refractivity contribution < 1.29 is 9.84 Å². The Hall–Kier alpha value is -2.26. The zero-order valence-electron chi connectivity index (χ0n) is 16.6. The molecule has 0 saturated carbocycles. The number of H-pyrrole nitrogens is 1. The Labute approximate surface area is 183 Å². The summed E-state index contributed by atoms with van der Waals surface area (Å²) in [6.07, 6.45) is -0.543. The van der Waals surface area contributed by atoms with E-state index in [-0.39, 0.29) is 12.2 Å². The molecular formula is C22H25BrN4O3. The minimum atomic E-state index is -0.543. The van der Waals surface area contributed by atoms with Crippen LogP contribution in [0.4, 0.5) is 0 Å². The first-order chi connectivity index (χ1) is 14.6. The van der Waals surface area contributed by atoms with Crippen LogP contribution in [-0.2, 0) is 6.54 Å². The maximum atomic E-state index is 12.2. The van der Waals surface area contributed by atoms with Crippen molar-refractivity contribution in [1.82, 2.24) is 19.8 Å². The highest BCUT2D eigenvalue weighted by atomic mass is 79.9. The Balaban J connectivity index is 1.24. The standard InChI is InChI=1S/C22H25BrN4O3/c23-16-5-7-18(8-6-16)30-15-17(28)13-26-9-11-27(12-10-26)14-21-24-20-4-2-1-3-19(20)22(29)25-21/h1-8,17,28H,9-15H2,(H,24,25,29). The molecule has 158 valence electrons. The summed E-state index contributed by atoms with van der Waals surface area (Å²) in [5, 5.41) is 10.9. The summed E-state index contributed by atoms with van der Waals surface area (Å²) in [6, 6.07) is 15.0. The maximum absolute atomic E-state index is 12.2. The summed E-state index contributed by atoms with van der Waals surface area (Å²) < 4.78 is 6.66. The molecule has 0 amide bonds. The van der Waals surface area contributed by atoms with Gasteiger partial charge in [-0.3, -0.25) is 14.6 Å². The van der Waals surface area contributed by atoms with Gasteiger partial charge in [0.1, 0.15) is 24.3 Å². The summed E-state index contributed by atoms with van der Waals surface area (Å²) in [4.78, 5) is 24.2. The van der Waals surface area contributed by atoms with Crippen LogP contribution in [0.1, 0.15) is 5.82 Å². The van der Waals surface area contributed by atoms with Gasteiger partial charge in [0, 0.05) is 37.2 Å². The predicted octanol–water partition coefficient (Wildman–Crippen LogP) is 2.24. The van der Waals surface area contributed by atoms with Gasteiger partial charge < -0.3 is 14.8 Å². The number of aromatic amines is 1. The van der Waals surface area contributed by atoms with Gasteiger partial charge in [0.25, 0.3) is 5.56 Å². The molecule has 1 fully saturated rings. The highest BCUT2D eigenvalue weighted by Gasteiger charge is 2.20. The summed E-state index contributed by atoms with van der Waals surface area (Å²) in [6.45, 7) is 4.89. The number of aromatic nitrogens is 2. The number of piperazine rings is 1. The van der Waals surface area contributed by atoms with Gasteiger partial charge in [0.05, 0.1) is 17.4 Å². The normalized spacial score (nSPS) is 16.6. The van der Waals surface area contributed by atoms with E-state index in [1.54, 1.807) is 6.07 Å². The van der Waals surface area contributed by atoms with Crippen LogP contribution < -0.4 is 10.3 Å². The summed E-state index contributed by atoms with van der Waals surface area (Å²) >= 11 is 3.39. The molecule has 0 radical (unpaired) electrons. The van der Waals surface area contributed by atoms with E-state index in [1.807, 2.05) is 42.5 Å². The van der Waals surface area contributed by atoms with E-state index in [4.69, 9.17) is 4.74 Å². The number of benzene rings is 2. The van der Waals surface area contributed by atoms with Crippen LogP contribution in [-0.4, -0.2) is 70.3 Å². The SMILES string of the molecule is O=c1[nH]c(CN2CCN(CC(O)COc3ccc(Br)cc3)CC2)nc2ccccc12. The van der Waals surface area contributed by atoms with E-state index < -0.39 is 6.10 Å². The summed E-state index contributed by atoms with van der Waals surface area (Å²) in [5.74, 6) is 1.44. The highest BCUT2D eigenvalue weighted by molar-refractivity contribution is 9.10. The van der Waals surface area contributed by atoms with Crippen molar-refractivity contribution in [1.29, 1.82) is 0 Å². The number of rotatable bonds is 7. The van der Waals surface area contributed by atoms with Crippen LogP contribution in [0.5, 0.6) is 5.75 Å². The second-order valence-corrected chi connectivity index (χ2v) is 8.44. The second kappa shape index (κ2) is 9.70. The number of hydrogen-bond acceptors (Lipinski definition) is 6. The molecule has 8 heteroatoms. The van der Waals surface area contributed by atoms with E-state index in [0.29, 0.717) is 24.3 Å². The van der Waals surface area contributed by atoms with Crippen molar-refractivity contribution >= 4 is 26.8 Å². The molecule has 0 bridgehead atoms. The topological polar surface area (TPSA) is 81.7 Å². The zero-order valence-corrected chi connectivity index (χ0v) is 18.2. The summed E-state index contributed by atoms with van der Waals surface area (Å²) in [5.41, 5.74) is 0.631. The minimum absolute atomic E-state index is 0.0943. The van der Waals surface area contributed by atoms with Crippen LogP contribution >= 0.6 is 15.9 Å². The number of nitrogens with zero attached hydrogens (tertiary/aromatic N) is 3. The molecule has 0 aliphatic carbocycles. The molecule has 1 aliphatic heterocycles. The number of halogens is 1. The van der Waals surface area contributed by atoms with Gasteiger partial charge in [0.15, 0.2) is 0 Å². The lowest BCUT2D eigenvalue weighted by Crippen LogP contribution is -2.49. The quantitative estimate of drug-likeness (QED) is 0.548. The van der Waals surface area contributed by atoms with Crippen LogP contribution in [0.15, 0.2) is 57.8 Å². The fourth-order valence-electron chi connectivity index (χ4n) is 3.63. The molecule has 30 heavy (non-hydrogen) atoms. The number of nitrogens with one attached hydrogen (secondary N) is 1. The number of aliphatic hydroxyl groups excluding tert-OH is 1. The van der Waals surface area contributed by atoms with Crippen molar-refractivity contribution in [2.45, 2.75) is 12.6 Å². The third-order valence-electron chi connectivity index (χ3n) is 5.23. The number of aliphatic hydroxyl groups is 1. The van der Waals surface area contributed by atoms with Gasteiger partial charge in [-0.05, 0) is 36.4 Å². The van der Waals surface area contributed by atoms with Crippen LogP contribution in [0.25, 0.3) is 10.9 Å². The van der Waals surface area contributed by atoms with Crippen molar-refractivity contribution in [3.8, 4) is 5.75 Å². The molecule has 7 nitrogen and oxygen atoms in total. The second-order valence-electron chi connectivity index (χ2n) is 7.53. The number of β-amino-alcohol motifs (C(OH)–C–C–N with tert-alkyl or cyclic N) is 1. The van der Waals surface area contributed by atoms with Gasteiger partial charge in [0.2, 0.25) is 0 Å². The van der Waals surface area contributed by atoms with E-state index >= 15 is 0 Å². The van der Waals surface area contributed by atoms with Gasteiger partial charge in [-0.2, -0.15) is 0 Å². The molecule has 2 N–H and O–H groups in total. The smallest absolute Gasteiger partial charge is 0.258 e.